The monoisotopic (exact) mass is 464 g/mol. The van der Waals surface area contributed by atoms with Crippen LogP contribution in [0.2, 0.25) is 0 Å². The summed E-state index contributed by atoms with van der Waals surface area (Å²) in [6.07, 6.45) is -13.3. The molecular formula is C18H19F3N2O7S. The number of urea groups is 1. The van der Waals surface area contributed by atoms with Crippen LogP contribution in [0.5, 0.6) is 5.75 Å². The van der Waals surface area contributed by atoms with Gasteiger partial charge in [-0.2, -0.15) is 13.2 Å². The quantitative estimate of drug-likeness (QED) is 0.387. The number of hydrogen-bond acceptors (Lipinski definition) is 8. The molecule has 1 fully saturated rings. The van der Waals surface area contributed by atoms with Gasteiger partial charge in [-0.15, -0.1) is 11.3 Å². The van der Waals surface area contributed by atoms with Gasteiger partial charge in [-0.3, -0.25) is 0 Å². The number of benzene rings is 1. The van der Waals surface area contributed by atoms with E-state index in [1.165, 1.54) is 17.5 Å². The number of halogens is 3. The largest absolute Gasteiger partial charge is 0.461 e. The summed E-state index contributed by atoms with van der Waals surface area (Å²) < 4.78 is 51.3. The number of carbonyl (C=O) groups is 1. The third kappa shape index (κ3) is 5.08. The van der Waals surface area contributed by atoms with E-state index in [0.717, 1.165) is 23.5 Å². The van der Waals surface area contributed by atoms with Gasteiger partial charge in [0.25, 0.3) is 0 Å². The lowest BCUT2D eigenvalue weighted by atomic mass is 9.99. The molecule has 1 aromatic heterocycles. The maximum absolute atomic E-state index is 13.7. The van der Waals surface area contributed by atoms with Gasteiger partial charge in [-0.1, -0.05) is 0 Å². The van der Waals surface area contributed by atoms with Crippen molar-refractivity contribution in [1.29, 1.82) is 0 Å². The van der Waals surface area contributed by atoms with E-state index in [1.807, 2.05) is 0 Å². The Hall–Kier alpha value is -2.42. The van der Waals surface area contributed by atoms with E-state index in [4.69, 9.17) is 15.2 Å². The summed E-state index contributed by atoms with van der Waals surface area (Å²) in [6.45, 7) is -0.754. The van der Waals surface area contributed by atoms with Crippen LogP contribution < -0.4 is 15.8 Å². The summed E-state index contributed by atoms with van der Waals surface area (Å²) in [5, 5.41) is 42.6. The molecule has 5 unspecified atom stereocenters. The van der Waals surface area contributed by atoms with Crippen molar-refractivity contribution in [3.8, 4) is 16.2 Å². The normalized spacial score (nSPS) is 26.5. The SMILES string of the molecule is NC(=O)Nc1csc(-c2ccc(OC3OC(CO)C(O)C(O)C3O)c(C(F)(F)F)c2)c1. The maximum atomic E-state index is 13.7. The Labute approximate surface area is 177 Å². The number of primary amides is 1. The highest BCUT2D eigenvalue weighted by Gasteiger charge is 2.45. The van der Waals surface area contributed by atoms with Gasteiger partial charge in [-0.25, -0.2) is 4.79 Å². The fraction of sp³-hybridized carbons (Fsp3) is 0.389. The first-order valence-corrected chi connectivity index (χ1v) is 9.73. The number of hydrogen-bond donors (Lipinski definition) is 6. The molecule has 2 amide bonds. The van der Waals surface area contributed by atoms with E-state index in [0.29, 0.717) is 10.6 Å². The summed E-state index contributed by atoms with van der Waals surface area (Å²) in [5.74, 6) is -0.687. The molecule has 0 bridgehead atoms. The number of thiophene rings is 1. The first-order valence-electron chi connectivity index (χ1n) is 8.85. The summed E-state index contributed by atoms with van der Waals surface area (Å²) in [6, 6.07) is 3.79. The number of anilines is 1. The second-order valence-electron chi connectivity index (χ2n) is 6.71. The van der Waals surface area contributed by atoms with Gasteiger partial charge in [0, 0.05) is 10.3 Å². The highest BCUT2D eigenvalue weighted by Crippen LogP contribution is 2.41. The van der Waals surface area contributed by atoms with Crippen molar-refractivity contribution in [2.45, 2.75) is 36.9 Å². The molecule has 0 aliphatic carbocycles. The molecule has 31 heavy (non-hydrogen) atoms. The van der Waals surface area contributed by atoms with Gasteiger partial charge in [0.15, 0.2) is 0 Å². The van der Waals surface area contributed by atoms with Crippen molar-refractivity contribution >= 4 is 23.1 Å². The molecule has 170 valence electrons. The van der Waals surface area contributed by atoms with Crippen LogP contribution in [0.25, 0.3) is 10.4 Å². The van der Waals surface area contributed by atoms with Gasteiger partial charge in [-0.05, 0) is 29.8 Å². The lowest BCUT2D eigenvalue weighted by Gasteiger charge is -2.39. The number of ether oxygens (including phenoxy) is 2. The minimum absolute atomic E-state index is 0.177. The minimum Gasteiger partial charge on any atom is -0.461 e. The standard InChI is InChI=1S/C18H19F3N2O7S/c19-18(20,21)9-3-7(12-4-8(6-31-12)23-17(22)28)1-2-10(9)29-16-15(27)14(26)13(25)11(5-24)30-16/h1-4,6,11,13-16,24-27H,5H2,(H3,22,23,28). The zero-order chi connectivity index (χ0) is 22.9. The van der Waals surface area contributed by atoms with Crippen LogP contribution in [-0.2, 0) is 10.9 Å². The molecule has 2 aromatic rings. The van der Waals surface area contributed by atoms with Gasteiger partial charge in [0.05, 0.1) is 17.9 Å². The summed E-state index contributed by atoms with van der Waals surface area (Å²) >= 11 is 1.08. The lowest BCUT2D eigenvalue weighted by molar-refractivity contribution is -0.278. The highest BCUT2D eigenvalue weighted by molar-refractivity contribution is 7.14. The third-order valence-corrected chi connectivity index (χ3v) is 5.51. The summed E-state index contributed by atoms with van der Waals surface area (Å²) in [5.41, 5.74) is 4.34. The molecule has 1 aromatic carbocycles. The van der Waals surface area contributed by atoms with Crippen LogP contribution in [-0.4, -0.2) is 63.8 Å². The first-order chi connectivity index (χ1) is 14.5. The predicted molar refractivity (Wildman–Crippen MR) is 102 cm³/mol. The van der Waals surface area contributed by atoms with E-state index in [9.17, 15) is 38.4 Å². The van der Waals surface area contributed by atoms with Crippen molar-refractivity contribution in [2.24, 2.45) is 5.73 Å². The Bertz CT molecular complexity index is 937. The van der Waals surface area contributed by atoms with Gasteiger partial charge in [0.2, 0.25) is 6.29 Å². The smallest absolute Gasteiger partial charge is 0.419 e. The molecule has 3 rings (SSSR count). The maximum Gasteiger partial charge on any atom is 0.419 e. The van der Waals surface area contributed by atoms with Crippen molar-refractivity contribution < 1.29 is 47.9 Å². The average Bonchev–Trinajstić information content (AvgIpc) is 3.15. The number of carbonyl (C=O) groups excluding carboxylic acids is 1. The van der Waals surface area contributed by atoms with Gasteiger partial charge >= 0.3 is 12.2 Å². The molecule has 7 N–H and O–H groups in total. The highest BCUT2D eigenvalue weighted by atomic mass is 32.1. The molecule has 0 radical (unpaired) electrons. The number of alkyl halides is 3. The number of rotatable bonds is 5. The molecule has 0 spiro atoms. The molecule has 0 saturated carbocycles. The summed E-state index contributed by atoms with van der Waals surface area (Å²) in [4.78, 5) is 11.3. The van der Waals surface area contributed by atoms with Crippen molar-refractivity contribution in [1.82, 2.24) is 0 Å². The van der Waals surface area contributed by atoms with E-state index in [-0.39, 0.29) is 5.56 Å². The second kappa shape index (κ2) is 8.98. The zero-order valence-electron chi connectivity index (χ0n) is 15.6. The van der Waals surface area contributed by atoms with Crippen LogP contribution in [0.3, 0.4) is 0 Å². The molecule has 1 aliphatic rings. The van der Waals surface area contributed by atoms with Gasteiger partial charge < -0.3 is 41.0 Å². The second-order valence-corrected chi connectivity index (χ2v) is 7.62. The fourth-order valence-corrected chi connectivity index (χ4v) is 3.83. The van der Waals surface area contributed by atoms with Crippen LogP contribution in [0, 0.1) is 0 Å². The minimum atomic E-state index is -4.84. The van der Waals surface area contributed by atoms with E-state index in [1.54, 1.807) is 0 Å². The van der Waals surface area contributed by atoms with Crippen molar-refractivity contribution in [2.75, 3.05) is 11.9 Å². The van der Waals surface area contributed by atoms with E-state index in [2.05, 4.69) is 5.32 Å². The molecule has 1 saturated heterocycles. The first kappa shape index (κ1) is 23.2. The number of nitrogens with one attached hydrogen (secondary N) is 1. The number of amides is 2. The number of aliphatic hydroxyl groups excluding tert-OH is 4. The lowest BCUT2D eigenvalue weighted by Crippen LogP contribution is -2.60. The molecular weight excluding hydrogens is 445 g/mol. The topological polar surface area (TPSA) is 154 Å². The van der Waals surface area contributed by atoms with E-state index >= 15 is 0 Å². The molecule has 2 heterocycles. The summed E-state index contributed by atoms with van der Waals surface area (Å²) in [7, 11) is 0. The Morgan fingerprint density at radius 1 is 1.19 bits per heavy atom. The van der Waals surface area contributed by atoms with Crippen molar-refractivity contribution in [3.05, 3.63) is 35.2 Å². The number of nitrogens with two attached hydrogens (primary N) is 1. The molecule has 9 nitrogen and oxygen atoms in total. The van der Waals surface area contributed by atoms with Crippen LogP contribution >= 0.6 is 11.3 Å². The number of aliphatic hydroxyl groups is 4. The van der Waals surface area contributed by atoms with Crippen molar-refractivity contribution in [3.63, 3.8) is 0 Å². The molecule has 5 atom stereocenters. The third-order valence-electron chi connectivity index (χ3n) is 4.53. The van der Waals surface area contributed by atoms with Crippen LogP contribution in [0.1, 0.15) is 5.56 Å². The Morgan fingerprint density at radius 3 is 2.52 bits per heavy atom. The Balaban J connectivity index is 1.90. The van der Waals surface area contributed by atoms with Gasteiger partial charge in [0.1, 0.15) is 30.2 Å². The average molecular weight is 464 g/mol. The molecule has 13 heteroatoms. The van der Waals surface area contributed by atoms with Crippen LogP contribution in [0.15, 0.2) is 29.6 Å². The molecule has 1 aliphatic heterocycles. The van der Waals surface area contributed by atoms with Crippen LogP contribution in [0.4, 0.5) is 23.7 Å². The fourth-order valence-electron chi connectivity index (χ4n) is 2.99. The predicted octanol–water partition coefficient (Wildman–Crippen LogP) is 1.10. The van der Waals surface area contributed by atoms with E-state index < -0.39 is 60.8 Å². The Kier molecular flexibility index (Phi) is 6.73. The zero-order valence-corrected chi connectivity index (χ0v) is 16.4. The Morgan fingerprint density at radius 2 is 1.90 bits per heavy atom.